The Morgan fingerprint density at radius 3 is 2.38 bits per heavy atom. The molecule has 0 spiro atoms. The lowest BCUT2D eigenvalue weighted by Crippen LogP contribution is -2.15. The van der Waals surface area contributed by atoms with E-state index in [0.717, 1.165) is 12.8 Å². The summed E-state index contributed by atoms with van der Waals surface area (Å²) >= 11 is 5.65. The number of hydrogen-bond donors (Lipinski definition) is 0. The van der Waals surface area contributed by atoms with Crippen LogP contribution in [0.3, 0.4) is 0 Å². The molecule has 0 aromatic rings. The maximum Gasteiger partial charge on any atom is 0.132 e. The molecule has 0 saturated carbocycles. The molecular formula is C11H21ClO. The summed E-state index contributed by atoms with van der Waals surface area (Å²) in [4.78, 5) is 11.2. The van der Waals surface area contributed by atoms with E-state index in [1.165, 1.54) is 12.8 Å². The van der Waals surface area contributed by atoms with Crippen molar-refractivity contribution in [3.05, 3.63) is 0 Å². The van der Waals surface area contributed by atoms with E-state index in [0.29, 0.717) is 17.6 Å². The van der Waals surface area contributed by atoms with Crippen molar-refractivity contribution < 1.29 is 4.79 Å². The fraction of sp³-hybridized carbons (Fsp3) is 0.909. The van der Waals surface area contributed by atoms with Gasteiger partial charge in [-0.05, 0) is 25.7 Å². The van der Waals surface area contributed by atoms with Crippen molar-refractivity contribution in [2.45, 2.75) is 46.5 Å². The van der Waals surface area contributed by atoms with Crippen LogP contribution in [0.4, 0.5) is 0 Å². The van der Waals surface area contributed by atoms with Crippen LogP contribution in [0.2, 0.25) is 0 Å². The minimum absolute atomic E-state index is 0.194. The number of hydrogen-bond acceptors (Lipinski definition) is 1. The predicted molar refractivity (Wildman–Crippen MR) is 58.2 cm³/mol. The molecule has 0 aliphatic carbocycles. The number of halogens is 1. The molecule has 0 aromatic heterocycles. The predicted octanol–water partition coefficient (Wildman–Crippen LogP) is 3.65. The van der Waals surface area contributed by atoms with Crippen LogP contribution >= 0.6 is 11.6 Å². The summed E-state index contributed by atoms with van der Waals surface area (Å²) in [6.07, 6.45) is 4.26. The molecule has 0 N–H and O–H groups in total. The molecule has 0 aromatic carbocycles. The van der Waals surface area contributed by atoms with Crippen molar-refractivity contribution in [2.24, 2.45) is 11.8 Å². The van der Waals surface area contributed by atoms with Crippen molar-refractivity contribution in [1.29, 1.82) is 0 Å². The second-order valence-electron chi connectivity index (χ2n) is 3.91. The number of carbonyl (C=O) groups is 1. The van der Waals surface area contributed by atoms with Gasteiger partial charge in [0.2, 0.25) is 0 Å². The van der Waals surface area contributed by atoms with Crippen LogP contribution in [-0.4, -0.2) is 11.7 Å². The van der Waals surface area contributed by atoms with Crippen LogP contribution in [0.15, 0.2) is 0 Å². The Labute approximate surface area is 86.9 Å². The minimum atomic E-state index is 0.194. The van der Waals surface area contributed by atoms with Crippen molar-refractivity contribution in [1.82, 2.24) is 0 Å². The Kier molecular flexibility index (Phi) is 7.35. The molecule has 2 heteroatoms. The molecule has 0 saturated heterocycles. The highest BCUT2D eigenvalue weighted by Crippen LogP contribution is 2.20. The third-order valence-corrected chi connectivity index (χ3v) is 2.72. The summed E-state index contributed by atoms with van der Waals surface area (Å²) in [5.41, 5.74) is 0. The Hall–Kier alpha value is -0.0400. The molecule has 78 valence electrons. The van der Waals surface area contributed by atoms with Crippen molar-refractivity contribution in [3.8, 4) is 0 Å². The molecule has 0 fully saturated rings. The highest BCUT2D eigenvalue weighted by atomic mass is 35.5. The van der Waals surface area contributed by atoms with E-state index in [4.69, 9.17) is 11.6 Å². The summed E-state index contributed by atoms with van der Waals surface area (Å²) in [6.45, 7) is 6.07. The van der Waals surface area contributed by atoms with Gasteiger partial charge in [-0.2, -0.15) is 0 Å². The van der Waals surface area contributed by atoms with Gasteiger partial charge in [0.1, 0.15) is 5.78 Å². The summed E-state index contributed by atoms with van der Waals surface area (Å²) in [7, 11) is 0. The smallest absolute Gasteiger partial charge is 0.132 e. The van der Waals surface area contributed by atoms with E-state index in [1.54, 1.807) is 6.92 Å². The molecule has 0 radical (unpaired) electrons. The van der Waals surface area contributed by atoms with Gasteiger partial charge in [0.15, 0.2) is 0 Å². The van der Waals surface area contributed by atoms with Crippen molar-refractivity contribution in [2.75, 3.05) is 5.88 Å². The molecule has 0 amide bonds. The van der Waals surface area contributed by atoms with Gasteiger partial charge < -0.3 is 0 Å². The number of ketones is 1. The normalized spacial score (nSPS) is 15.4. The summed E-state index contributed by atoms with van der Waals surface area (Å²) < 4.78 is 0. The largest absolute Gasteiger partial charge is 0.300 e. The first-order valence-electron chi connectivity index (χ1n) is 5.18. The fourth-order valence-corrected chi connectivity index (χ4v) is 1.98. The number of rotatable bonds is 7. The van der Waals surface area contributed by atoms with E-state index in [9.17, 15) is 4.79 Å². The van der Waals surface area contributed by atoms with Crippen LogP contribution in [0.1, 0.15) is 46.5 Å². The molecule has 0 aliphatic heterocycles. The Bertz CT molecular complexity index is 145. The molecule has 13 heavy (non-hydrogen) atoms. The van der Waals surface area contributed by atoms with Gasteiger partial charge in [-0.1, -0.05) is 26.7 Å². The Morgan fingerprint density at radius 1 is 1.38 bits per heavy atom. The quantitative estimate of drug-likeness (QED) is 0.579. The average Bonchev–Trinajstić information content (AvgIpc) is 2.04. The van der Waals surface area contributed by atoms with E-state index < -0.39 is 0 Å². The standard InChI is InChI=1S/C11H21ClO/c1-4-5-9(2)8-11(6-7-12)10(3)13/h9,11H,4-8H2,1-3H3. The van der Waals surface area contributed by atoms with Gasteiger partial charge in [0.05, 0.1) is 0 Å². The zero-order valence-corrected chi connectivity index (χ0v) is 9.73. The van der Waals surface area contributed by atoms with E-state index in [1.807, 2.05) is 0 Å². The second kappa shape index (κ2) is 7.37. The van der Waals surface area contributed by atoms with E-state index >= 15 is 0 Å². The highest BCUT2D eigenvalue weighted by molar-refractivity contribution is 6.18. The van der Waals surface area contributed by atoms with Gasteiger partial charge in [-0.3, -0.25) is 4.79 Å². The maximum atomic E-state index is 11.2. The number of alkyl halides is 1. The average molecular weight is 205 g/mol. The summed E-state index contributed by atoms with van der Waals surface area (Å²) in [5.74, 6) is 1.74. The Morgan fingerprint density at radius 2 is 2.00 bits per heavy atom. The Balaban J connectivity index is 3.86. The van der Waals surface area contributed by atoms with Gasteiger partial charge in [0, 0.05) is 11.8 Å². The van der Waals surface area contributed by atoms with Crippen LogP contribution in [0.5, 0.6) is 0 Å². The van der Waals surface area contributed by atoms with Gasteiger partial charge >= 0.3 is 0 Å². The van der Waals surface area contributed by atoms with E-state index in [-0.39, 0.29) is 5.92 Å². The van der Waals surface area contributed by atoms with E-state index in [2.05, 4.69) is 13.8 Å². The SMILES string of the molecule is CCCC(C)CC(CCCl)C(C)=O. The topological polar surface area (TPSA) is 17.1 Å². The zero-order valence-electron chi connectivity index (χ0n) is 8.98. The van der Waals surface area contributed by atoms with Gasteiger partial charge in [-0.25, -0.2) is 0 Å². The van der Waals surface area contributed by atoms with Gasteiger partial charge in [0.25, 0.3) is 0 Å². The summed E-state index contributed by atoms with van der Waals surface area (Å²) in [5, 5.41) is 0. The van der Waals surface area contributed by atoms with Crippen molar-refractivity contribution in [3.63, 3.8) is 0 Å². The highest BCUT2D eigenvalue weighted by Gasteiger charge is 2.16. The molecule has 2 atom stereocenters. The number of carbonyl (C=O) groups excluding carboxylic acids is 1. The molecule has 0 rings (SSSR count). The third kappa shape index (κ3) is 6.09. The molecule has 2 unspecified atom stereocenters. The number of Topliss-reactive ketones (excluding diaryl/α,β-unsaturated/α-hetero) is 1. The second-order valence-corrected chi connectivity index (χ2v) is 4.29. The molecule has 0 heterocycles. The summed E-state index contributed by atoms with van der Waals surface area (Å²) in [6, 6.07) is 0. The first-order valence-corrected chi connectivity index (χ1v) is 5.71. The van der Waals surface area contributed by atoms with Crippen LogP contribution in [0, 0.1) is 11.8 Å². The lowest BCUT2D eigenvalue weighted by Gasteiger charge is -2.17. The monoisotopic (exact) mass is 204 g/mol. The lowest BCUT2D eigenvalue weighted by atomic mass is 9.88. The van der Waals surface area contributed by atoms with Crippen molar-refractivity contribution >= 4 is 17.4 Å². The molecule has 1 nitrogen and oxygen atoms in total. The van der Waals surface area contributed by atoms with Crippen LogP contribution in [0.25, 0.3) is 0 Å². The maximum absolute atomic E-state index is 11.2. The first kappa shape index (κ1) is 13.0. The molecule has 0 aliphatic rings. The fourth-order valence-electron chi connectivity index (χ4n) is 1.72. The molecule has 0 bridgehead atoms. The van der Waals surface area contributed by atoms with Crippen LogP contribution < -0.4 is 0 Å². The first-order chi connectivity index (χ1) is 6.11. The van der Waals surface area contributed by atoms with Crippen LogP contribution in [-0.2, 0) is 4.79 Å². The zero-order chi connectivity index (χ0) is 10.3. The minimum Gasteiger partial charge on any atom is -0.300 e. The third-order valence-electron chi connectivity index (χ3n) is 2.50. The van der Waals surface area contributed by atoms with Gasteiger partial charge in [-0.15, -0.1) is 11.6 Å². The lowest BCUT2D eigenvalue weighted by molar-refractivity contribution is -0.121. The molecular weight excluding hydrogens is 184 g/mol.